The van der Waals surface area contributed by atoms with Crippen molar-refractivity contribution in [1.82, 2.24) is 25.0 Å². The number of aromatic nitrogens is 3. The van der Waals surface area contributed by atoms with Gasteiger partial charge in [0.15, 0.2) is 0 Å². The highest BCUT2D eigenvalue weighted by atomic mass is 19.1. The van der Waals surface area contributed by atoms with Crippen LogP contribution < -0.4 is 5.32 Å². The average Bonchev–Trinajstić information content (AvgIpc) is 3.02. The lowest BCUT2D eigenvalue weighted by molar-refractivity contribution is -0.127. The maximum absolute atomic E-state index is 13.1. The van der Waals surface area contributed by atoms with Gasteiger partial charge < -0.3 is 9.88 Å². The van der Waals surface area contributed by atoms with Crippen LogP contribution in [0.4, 0.5) is 4.39 Å². The second kappa shape index (κ2) is 8.20. The molecule has 0 bridgehead atoms. The van der Waals surface area contributed by atoms with Crippen molar-refractivity contribution in [3.63, 3.8) is 0 Å². The fourth-order valence-corrected chi connectivity index (χ4v) is 3.25. The maximum Gasteiger partial charge on any atom is 0.237 e. The molecule has 0 saturated carbocycles. The van der Waals surface area contributed by atoms with E-state index in [1.165, 1.54) is 12.1 Å². The minimum Gasteiger partial charge on any atom is -0.353 e. The van der Waals surface area contributed by atoms with Crippen LogP contribution in [0, 0.1) is 12.7 Å². The maximum atomic E-state index is 13.1. The van der Waals surface area contributed by atoms with Crippen LogP contribution in [0.5, 0.6) is 0 Å². The lowest BCUT2D eigenvalue weighted by Gasteiger charge is -2.34. The summed E-state index contributed by atoms with van der Waals surface area (Å²) in [4.78, 5) is 14.8. The lowest BCUT2D eigenvalue weighted by atomic mass is 10.0. The molecule has 1 aromatic heterocycles. The van der Waals surface area contributed by atoms with Crippen molar-refractivity contribution in [3.8, 4) is 0 Å². The minimum absolute atomic E-state index is 0.0625. The standard InChI is InChI=1S/C18H24FN5O/c1-14-22-21-13-24(14)11-9-20-18(25)17-4-2-3-10-23(17)12-15-5-7-16(19)8-6-15/h5-8,13,17H,2-4,9-12H2,1H3,(H,20,25)/t17-/m0/s1. The number of amides is 1. The third-order valence-corrected chi connectivity index (χ3v) is 4.68. The number of aryl methyl sites for hydroxylation is 1. The SMILES string of the molecule is Cc1nncn1CCNC(=O)[C@@H]1CCCCN1Cc1ccc(F)cc1. The van der Waals surface area contributed by atoms with Crippen molar-refractivity contribution < 1.29 is 9.18 Å². The Hall–Kier alpha value is -2.28. The largest absolute Gasteiger partial charge is 0.353 e. The summed E-state index contributed by atoms with van der Waals surface area (Å²) in [5.74, 6) is 0.665. The van der Waals surface area contributed by atoms with Gasteiger partial charge in [0.1, 0.15) is 18.0 Å². The van der Waals surface area contributed by atoms with Gasteiger partial charge in [0, 0.05) is 19.6 Å². The molecule has 1 fully saturated rings. The minimum atomic E-state index is -0.235. The number of piperidine rings is 1. The first-order chi connectivity index (χ1) is 12.1. The fourth-order valence-electron chi connectivity index (χ4n) is 3.25. The smallest absolute Gasteiger partial charge is 0.237 e. The van der Waals surface area contributed by atoms with E-state index in [9.17, 15) is 9.18 Å². The molecule has 0 radical (unpaired) electrons. The van der Waals surface area contributed by atoms with Gasteiger partial charge in [-0.1, -0.05) is 18.6 Å². The Balaban J connectivity index is 1.55. The van der Waals surface area contributed by atoms with Crippen LogP contribution in [-0.4, -0.2) is 44.7 Å². The summed E-state index contributed by atoms with van der Waals surface area (Å²) in [6.45, 7) is 4.66. The first kappa shape index (κ1) is 17.5. The average molecular weight is 345 g/mol. The Kier molecular flexibility index (Phi) is 5.75. The number of hydrogen-bond acceptors (Lipinski definition) is 4. The third kappa shape index (κ3) is 4.63. The predicted octanol–water partition coefficient (Wildman–Crippen LogP) is 1.90. The van der Waals surface area contributed by atoms with E-state index < -0.39 is 0 Å². The van der Waals surface area contributed by atoms with Gasteiger partial charge in [-0.2, -0.15) is 0 Å². The zero-order valence-corrected chi connectivity index (χ0v) is 14.5. The Bertz CT molecular complexity index is 700. The molecule has 1 aromatic carbocycles. The lowest BCUT2D eigenvalue weighted by Crippen LogP contribution is -2.49. The van der Waals surface area contributed by atoms with Crippen LogP contribution in [0.25, 0.3) is 0 Å². The fraction of sp³-hybridized carbons (Fsp3) is 0.500. The Labute approximate surface area is 147 Å². The van der Waals surface area contributed by atoms with E-state index in [0.717, 1.165) is 37.2 Å². The van der Waals surface area contributed by atoms with Gasteiger partial charge in [0.2, 0.25) is 5.91 Å². The highest BCUT2D eigenvalue weighted by molar-refractivity contribution is 5.81. The Morgan fingerprint density at radius 3 is 2.84 bits per heavy atom. The topological polar surface area (TPSA) is 63.1 Å². The van der Waals surface area contributed by atoms with Gasteiger partial charge >= 0.3 is 0 Å². The highest BCUT2D eigenvalue weighted by Gasteiger charge is 2.28. The van der Waals surface area contributed by atoms with Crippen LogP contribution in [-0.2, 0) is 17.9 Å². The molecule has 6 nitrogen and oxygen atoms in total. The van der Waals surface area contributed by atoms with E-state index in [1.54, 1.807) is 18.5 Å². The number of nitrogens with one attached hydrogen (secondary N) is 1. The van der Waals surface area contributed by atoms with Crippen LogP contribution in [0.3, 0.4) is 0 Å². The Morgan fingerprint density at radius 1 is 1.32 bits per heavy atom. The zero-order chi connectivity index (χ0) is 17.6. The summed E-state index contributed by atoms with van der Waals surface area (Å²) < 4.78 is 15.0. The number of likely N-dealkylation sites (tertiary alicyclic amines) is 1. The van der Waals surface area contributed by atoms with Crippen LogP contribution in [0.2, 0.25) is 0 Å². The van der Waals surface area contributed by atoms with E-state index in [-0.39, 0.29) is 17.8 Å². The van der Waals surface area contributed by atoms with E-state index in [1.807, 2.05) is 11.5 Å². The first-order valence-electron chi connectivity index (χ1n) is 8.74. The van der Waals surface area contributed by atoms with Gasteiger partial charge in [-0.3, -0.25) is 9.69 Å². The molecule has 2 aromatic rings. The molecule has 1 saturated heterocycles. The predicted molar refractivity (Wildman–Crippen MR) is 92.2 cm³/mol. The second-order valence-electron chi connectivity index (χ2n) is 6.47. The molecule has 7 heteroatoms. The summed E-state index contributed by atoms with van der Waals surface area (Å²) >= 11 is 0. The molecule has 134 valence electrons. The van der Waals surface area contributed by atoms with Gasteiger partial charge in [-0.25, -0.2) is 4.39 Å². The van der Waals surface area contributed by atoms with Crippen LogP contribution in [0.1, 0.15) is 30.7 Å². The van der Waals surface area contributed by atoms with Crippen molar-refractivity contribution in [1.29, 1.82) is 0 Å². The number of benzene rings is 1. The van der Waals surface area contributed by atoms with Crippen LogP contribution in [0.15, 0.2) is 30.6 Å². The Morgan fingerprint density at radius 2 is 2.12 bits per heavy atom. The van der Waals surface area contributed by atoms with E-state index >= 15 is 0 Å². The summed E-state index contributed by atoms with van der Waals surface area (Å²) in [6, 6.07) is 6.38. The highest BCUT2D eigenvalue weighted by Crippen LogP contribution is 2.20. The normalized spacial score (nSPS) is 18.2. The van der Waals surface area contributed by atoms with Crippen molar-refractivity contribution in [2.45, 2.75) is 45.3 Å². The molecule has 1 N–H and O–H groups in total. The van der Waals surface area contributed by atoms with E-state index in [2.05, 4.69) is 20.4 Å². The van der Waals surface area contributed by atoms with Crippen molar-refractivity contribution in [3.05, 3.63) is 47.8 Å². The van der Waals surface area contributed by atoms with Gasteiger partial charge in [-0.05, 0) is 44.0 Å². The van der Waals surface area contributed by atoms with E-state index in [4.69, 9.17) is 0 Å². The molecule has 1 amide bonds. The number of nitrogens with zero attached hydrogens (tertiary/aromatic N) is 4. The zero-order valence-electron chi connectivity index (χ0n) is 14.5. The third-order valence-electron chi connectivity index (χ3n) is 4.68. The second-order valence-corrected chi connectivity index (χ2v) is 6.47. The quantitative estimate of drug-likeness (QED) is 0.868. The van der Waals surface area contributed by atoms with Crippen molar-refractivity contribution in [2.24, 2.45) is 0 Å². The van der Waals surface area contributed by atoms with E-state index in [0.29, 0.717) is 19.6 Å². The molecule has 0 unspecified atom stereocenters. The number of halogens is 1. The molecule has 0 spiro atoms. The molecular weight excluding hydrogens is 321 g/mol. The number of rotatable bonds is 6. The summed E-state index contributed by atoms with van der Waals surface area (Å²) in [7, 11) is 0. The molecule has 2 heterocycles. The van der Waals surface area contributed by atoms with Gasteiger partial charge in [-0.15, -0.1) is 10.2 Å². The molecular formula is C18H24FN5O. The number of carbonyl (C=O) groups excluding carboxylic acids is 1. The van der Waals surface area contributed by atoms with Crippen molar-refractivity contribution in [2.75, 3.05) is 13.1 Å². The molecule has 1 atom stereocenters. The van der Waals surface area contributed by atoms with Crippen molar-refractivity contribution >= 4 is 5.91 Å². The number of hydrogen-bond donors (Lipinski definition) is 1. The summed E-state index contributed by atoms with van der Waals surface area (Å²) in [6.07, 6.45) is 4.68. The van der Waals surface area contributed by atoms with Gasteiger partial charge in [0.25, 0.3) is 0 Å². The summed E-state index contributed by atoms with van der Waals surface area (Å²) in [5, 5.41) is 10.8. The number of carbonyl (C=O) groups is 1. The van der Waals surface area contributed by atoms with Gasteiger partial charge in [0.05, 0.1) is 6.04 Å². The summed E-state index contributed by atoms with van der Waals surface area (Å²) in [5.41, 5.74) is 1.03. The molecule has 1 aliphatic heterocycles. The molecule has 1 aliphatic rings. The van der Waals surface area contributed by atoms with Crippen LogP contribution >= 0.6 is 0 Å². The molecule has 0 aliphatic carbocycles. The monoisotopic (exact) mass is 345 g/mol. The molecule has 25 heavy (non-hydrogen) atoms. The molecule has 3 rings (SSSR count). The first-order valence-corrected chi connectivity index (χ1v) is 8.74.